The Kier molecular flexibility index (Phi) is 3.20. The van der Waals surface area contributed by atoms with E-state index in [1.165, 1.54) is 17.5 Å². The van der Waals surface area contributed by atoms with Crippen LogP contribution in [0.15, 0.2) is 36.7 Å². The van der Waals surface area contributed by atoms with E-state index in [9.17, 15) is 0 Å². The Morgan fingerprint density at radius 2 is 2.05 bits per heavy atom. The first-order chi connectivity index (χ1) is 9.28. The minimum absolute atomic E-state index is 0.403. The van der Waals surface area contributed by atoms with E-state index in [4.69, 9.17) is 4.74 Å². The molecule has 0 radical (unpaired) electrons. The molecule has 1 aromatic heterocycles. The summed E-state index contributed by atoms with van der Waals surface area (Å²) in [6, 6.07) is 8.53. The lowest BCUT2D eigenvalue weighted by molar-refractivity contribution is 0.441. The zero-order valence-corrected chi connectivity index (χ0v) is 11.3. The summed E-state index contributed by atoms with van der Waals surface area (Å²) in [4.78, 5) is 8.16. The molecule has 1 aromatic carbocycles. The van der Waals surface area contributed by atoms with Crippen molar-refractivity contribution in [3.63, 3.8) is 0 Å². The van der Waals surface area contributed by atoms with Gasteiger partial charge in [0.1, 0.15) is 5.75 Å². The fourth-order valence-corrected chi connectivity index (χ4v) is 2.92. The lowest BCUT2D eigenvalue weighted by Crippen LogP contribution is -2.01. The number of hydrogen-bond acceptors (Lipinski definition) is 3. The molecule has 0 amide bonds. The van der Waals surface area contributed by atoms with Gasteiger partial charge in [0, 0.05) is 12.4 Å². The summed E-state index contributed by atoms with van der Waals surface area (Å²) in [7, 11) is 0. The van der Waals surface area contributed by atoms with Gasteiger partial charge in [-0.25, -0.2) is 9.97 Å². The maximum atomic E-state index is 5.69. The second-order valence-corrected chi connectivity index (χ2v) is 5.16. The van der Waals surface area contributed by atoms with Gasteiger partial charge in [-0.1, -0.05) is 26.3 Å². The monoisotopic (exact) mass is 254 g/mol. The van der Waals surface area contributed by atoms with Crippen LogP contribution >= 0.6 is 0 Å². The van der Waals surface area contributed by atoms with Crippen molar-refractivity contribution in [3.05, 3.63) is 47.8 Å². The summed E-state index contributed by atoms with van der Waals surface area (Å²) in [6.07, 6.45) is 5.75. The van der Waals surface area contributed by atoms with E-state index in [-0.39, 0.29) is 0 Å². The fraction of sp³-hybridized carbons (Fsp3) is 0.375. The lowest BCUT2D eigenvalue weighted by Gasteiger charge is -2.12. The first-order valence-electron chi connectivity index (χ1n) is 6.85. The molecule has 0 saturated heterocycles. The summed E-state index contributed by atoms with van der Waals surface area (Å²) in [6.45, 7) is 4.59. The predicted octanol–water partition coefficient (Wildman–Crippen LogP) is 3.95. The lowest BCUT2D eigenvalue weighted by atomic mass is 9.93. The summed E-state index contributed by atoms with van der Waals surface area (Å²) < 4.78 is 5.69. The standard InChI is InChI=1S/C16H18N2O/c1-3-12-9-13-10-14(5-6-15(13)11(12)2)19-16-17-7-4-8-18-16/h4-8,10-12H,3,9H2,1-2H3. The van der Waals surface area contributed by atoms with E-state index in [1.807, 2.05) is 6.07 Å². The van der Waals surface area contributed by atoms with Crippen molar-refractivity contribution < 1.29 is 4.74 Å². The second kappa shape index (κ2) is 5.00. The van der Waals surface area contributed by atoms with Crippen LogP contribution in [0.3, 0.4) is 0 Å². The van der Waals surface area contributed by atoms with Crippen LogP contribution < -0.4 is 4.74 Å². The molecule has 2 unspecified atom stereocenters. The van der Waals surface area contributed by atoms with Crippen LogP contribution in [0.1, 0.15) is 37.3 Å². The first kappa shape index (κ1) is 12.2. The molecule has 0 bridgehead atoms. The third-order valence-electron chi connectivity index (χ3n) is 4.07. The van der Waals surface area contributed by atoms with E-state index in [0.29, 0.717) is 11.9 Å². The van der Waals surface area contributed by atoms with E-state index < -0.39 is 0 Å². The van der Waals surface area contributed by atoms with Gasteiger partial charge in [0.25, 0.3) is 0 Å². The Morgan fingerprint density at radius 3 is 2.79 bits per heavy atom. The summed E-state index contributed by atoms with van der Waals surface area (Å²) in [5.74, 6) is 2.24. The predicted molar refractivity (Wildman–Crippen MR) is 74.4 cm³/mol. The first-order valence-corrected chi connectivity index (χ1v) is 6.85. The molecule has 1 aliphatic carbocycles. The van der Waals surface area contributed by atoms with Gasteiger partial charge in [-0.3, -0.25) is 0 Å². The third-order valence-corrected chi connectivity index (χ3v) is 4.07. The molecular formula is C16H18N2O. The molecule has 2 atom stereocenters. The summed E-state index contributed by atoms with van der Waals surface area (Å²) in [5, 5.41) is 0. The average molecular weight is 254 g/mol. The number of nitrogens with zero attached hydrogens (tertiary/aromatic N) is 2. The van der Waals surface area contributed by atoms with Gasteiger partial charge in [-0.15, -0.1) is 0 Å². The number of fused-ring (bicyclic) bond motifs is 1. The summed E-state index contributed by atoms with van der Waals surface area (Å²) >= 11 is 0. The Labute approximate surface area is 113 Å². The fourth-order valence-electron chi connectivity index (χ4n) is 2.92. The van der Waals surface area contributed by atoms with Crippen molar-refractivity contribution in [2.75, 3.05) is 0 Å². The molecule has 1 heterocycles. The third kappa shape index (κ3) is 2.33. The van der Waals surface area contributed by atoms with Crippen molar-refractivity contribution in [2.45, 2.75) is 32.6 Å². The highest BCUT2D eigenvalue weighted by Crippen LogP contribution is 2.40. The largest absolute Gasteiger partial charge is 0.424 e. The molecule has 0 aliphatic heterocycles. The van der Waals surface area contributed by atoms with E-state index in [1.54, 1.807) is 18.5 Å². The molecule has 0 saturated carbocycles. The maximum absolute atomic E-state index is 5.69. The Bertz CT molecular complexity index is 568. The van der Waals surface area contributed by atoms with Crippen molar-refractivity contribution in [1.29, 1.82) is 0 Å². The number of rotatable bonds is 3. The molecule has 98 valence electrons. The van der Waals surface area contributed by atoms with Crippen LogP contribution in [-0.2, 0) is 6.42 Å². The molecule has 3 nitrogen and oxygen atoms in total. The normalized spacial score (nSPS) is 21.2. The van der Waals surface area contributed by atoms with Gasteiger partial charge < -0.3 is 4.74 Å². The zero-order valence-electron chi connectivity index (χ0n) is 11.3. The topological polar surface area (TPSA) is 35.0 Å². The van der Waals surface area contributed by atoms with Gasteiger partial charge >= 0.3 is 6.01 Å². The zero-order chi connectivity index (χ0) is 13.2. The second-order valence-electron chi connectivity index (χ2n) is 5.16. The molecule has 19 heavy (non-hydrogen) atoms. The van der Waals surface area contributed by atoms with Crippen LogP contribution in [0, 0.1) is 5.92 Å². The molecule has 1 aliphatic rings. The van der Waals surface area contributed by atoms with E-state index >= 15 is 0 Å². The van der Waals surface area contributed by atoms with E-state index in [2.05, 4.69) is 35.9 Å². The Hall–Kier alpha value is -1.90. The summed E-state index contributed by atoms with van der Waals surface area (Å²) in [5.41, 5.74) is 2.88. The quantitative estimate of drug-likeness (QED) is 0.831. The molecule has 0 spiro atoms. The van der Waals surface area contributed by atoms with E-state index in [0.717, 1.165) is 18.1 Å². The van der Waals surface area contributed by atoms with Crippen LogP contribution in [0.5, 0.6) is 11.8 Å². The molecule has 2 aromatic rings. The minimum Gasteiger partial charge on any atom is -0.424 e. The van der Waals surface area contributed by atoms with Gasteiger partial charge in [0.15, 0.2) is 0 Å². The van der Waals surface area contributed by atoms with Crippen molar-refractivity contribution in [2.24, 2.45) is 5.92 Å². The van der Waals surface area contributed by atoms with Gasteiger partial charge in [0.05, 0.1) is 0 Å². The SMILES string of the molecule is CCC1Cc2cc(Oc3ncccn3)ccc2C1C. The number of benzene rings is 1. The molecule has 0 fully saturated rings. The number of aromatic nitrogens is 2. The highest BCUT2D eigenvalue weighted by atomic mass is 16.5. The smallest absolute Gasteiger partial charge is 0.321 e. The molecule has 3 heteroatoms. The van der Waals surface area contributed by atoms with Gasteiger partial charge in [0.2, 0.25) is 0 Å². The van der Waals surface area contributed by atoms with Gasteiger partial charge in [-0.05, 0) is 47.6 Å². The highest BCUT2D eigenvalue weighted by Gasteiger charge is 2.27. The molecule has 0 N–H and O–H groups in total. The molecule has 3 rings (SSSR count). The maximum Gasteiger partial charge on any atom is 0.321 e. The van der Waals surface area contributed by atoms with Crippen molar-refractivity contribution in [3.8, 4) is 11.8 Å². The van der Waals surface area contributed by atoms with Crippen LogP contribution in [0.4, 0.5) is 0 Å². The van der Waals surface area contributed by atoms with Gasteiger partial charge in [-0.2, -0.15) is 0 Å². The van der Waals surface area contributed by atoms with Crippen LogP contribution in [-0.4, -0.2) is 9.97 Å². The van der Waals surface area contributed by atoms with Crippen molar-refractivity contribution in [1.82, 2.24) is 9.97 Å². The Morgan fingerprint density at radius 1 is 1.26 bits per heavy atom. The Balaban J connectivity index is 1.84. The average Bonchev–Trinajstić information content (AvgIpc) is 2.76. The highest BCUT2D eigenvalue weighted by molar-refractivity contribution is 5.42. The number of hydrogen-bond donors (Lipinski definition) is 0. The minimum atomic E-state index is 0.403. The number of ether oxygens (including phenoxy) is 1. The van der Waals surface area contributed by atoms with Crippen LogP contribution in [0.2, 0.25) is 0 Å². The molecular weight excluding hydrogens is 236 g/mol. The van der Waals surface area contributed by atoms with Crippen molar-refractivity contribution >= 4 is 0 Å². The van der Waals surface area contributed by atoms with Crippen LogP contribution in [0.25, 0.3) is 0 Å².